The summed E-state index contributed by atoms with van der Waals surface area (Å²) in [5.74, 6) is 3.86. The fourth-order valence-electron chi connectivity index (χ4n) is 3.99. The van der Waals surface area contributed by atoms with Crippen LogP contribution in [-0.4, -0.2) is 24.9 Å². The van der Waals surface area contributed by atoms with E-state index in [4.69, 9.17) is 14.2 Å². The highest BCUT2D eigenvalue weighted by molar-refractivity contribution is 5.66. The van der Waals surface area contributed by atoms with Crippen molar-refractivity contribution in [3.05, 3.63) is 54.5 Å². The van der Waals surface area contributed by atoms with Crippen molar-refractivity contribution < 1.29 is 35.8 Å². The number of halogens is 1. The number of aryl methyl sites for hydroxylation is 1. The fraction of sp³-hybridized carbons (Fsp3) is 0.318. The summed E-state index contributed by atoms with van der Waals surface area (Å²) < 4.78 is 21.6. The number of benzene rings is 2. The number of nitrogens with zero attached hydrogens (tertiary/aromatic N) is 2. The highest BCUT2D eigenvalue weighted by atomic mass is 79.9. The molecule has 0 saturated heterocycles. The van der Waals surface area contributed by atoms with E-state index in [1.165, 1.54) is 24.4 Å². The first kappa shape index (κ1) is 18.9. The molecule has 2 aliphatic heterocycles. The van der Waals surface area contributed by atoms with E-state index in [-0.39, 0.29) is 17.0 Å². The van der Waals surface area contributed by atoms with E-state index in [0.29, 0.717) is 13.2 Å². The van der Waals surface area contributed by atoms with Crippen molar-refractivity contribution in [1.82, 2.24) is 4.57 Å². The van der Waals surface area contributed by atoms with E-state index >= 15 is 0 Å². The molecule has 3 heterocycles. The van der Waals surface area contributed by atoms with Crippen LogP contribution in [0.1, 0.15) is 18.7 Å². The van der Waals surface area contributed by atoms with E-state index in [2.05, 4.69) is 39.6 Å². The number of fused-ring (bicyclic) bond motifs is 2. The van der Waals surface area contributed by atoms with Gasteiger partial charge in [-0.05, 0) is 55.3 Å². The summed E-state index contributed by atoms with van der Waals surface area (Å²) in [5, 5.41) is 0. The predicted molar refractivity (Wildman–Crippen MR) is 102 cm³/mol. The van der Waals surface area contributed by atoms with Crippen LogP contribution < -0.4 is 35.8 Å². The zero-order valence-corrected chi connectivity index (χ0v) is 17.4. The first-order valence-corrected chi connectivity index (χ1v) is 9.52. The Kier molecular flexibility index (Phi) is 5.31. The third kappa shape index (κ3) is 3.26. The molecule has 0 unspecified atom stereocenters. The van der Waals surface area contributed by atoms with Crippen molar-refractivity contribution in [3.8, 4) is 34.2 Å². The largest absolute Gasteiger partial charge is 1.00 e. The Balaban J connectivity index is 0.00000192. The average molecular weight is 443 g/mol. The number of aromatic nitrogens is 2. The van der Waals surface area contributed by atoms with Crippen LogP contribution in [0.4, 0.5) is 0 Å². The molecule has 5 nitrogen and oxygen atoms in total. The SMILES string of the molecule is COc1ccc(-n2c(-c3ccc4c(c3)OCCO4)c[n+]3c2CCCC3)cc1.[Br-]. The van der Waals surface area contributed by atoms with E-state index in [1.54, 1.807) is 7.11 Å². The lowest BCUT2D eigenvalue weighted by atomic mass is 10.1. The molecule has 0 aliphatic carbocycles. The second-order valence-corrected chi connectivity index (χ2v) is 6.97. The molecular weight excluding hydrogens is 420 g/mol. The maximum atomic E-state index is 5.81. The van der Waals surface area contributed by atoms with Gasteiger partial charge >= 0.3 is 0 Å². The van der Waals surface area contributed by atoms with Crippen LogP contribution in [0.25, 0.3) is 16.9 Å². The van der Waals surface area contributed by atoms with E-state index < -0.39 is 0 Å². The Morgan fingerprint density at radius 1 is 0.964 bits per heavy atom. The van der Waals surface area contributed by atoms with E-state index in [0.717, 1.165) is 41.5 Å². The standard InChI is InChI=1S/C22H23N2O3.BrH/c1-25-18-8-6-17(7-9-18)24-19(15-23-11-3-2-4-22(23)24)16-5-10-20-21(14-16)27-13-12-26-20;/h5-10,14-15H,2-4,11-13H2,1H3;1H/q+1;/p-1. The fourth-order valence-corrected chi connectivity index (χ4v) is 3.99. The van der Waals surface area contributed by atoms with Crippen LogP contribution in [0.15, 0.2) is 48.7 Å². The molecule has 5 rings (SSSR count). The van der Waals surface area contributed by atoms with Gasteiger partial charge in [0.25, 0.3) is 5.82 Å². The van der Waals surface area contributed by atoms with Crippen LogP contribution in [0.5, 0.6) is 17.2 Å². The van der Waals surface area contributed by atoms with Gasteiger partial charge in [-0.1, -0.05) is 0 Å². The Morgan fingerprint density at radius 3 is 2.54 bits per heavy atom. The van der Waals surface area contributed by atoms with Crippen molar-refractivity contribution in [2.24, 2.45) is 0 Å². The lowest BCUT2D eigenvalue weighted by Gasteiger charge is -2.18. The van der Waals surface area contributed by atoms with Crippen LogP contribution in [-0.2, 0) is 13.0 Å². The second kappa shape index (κ2) is 7.87. The quantitative estimate of drug-likeness (QED) is 0.555. The van der Waals surface area contributed by atoms with E-state index in [1.807, 2.05) is 18.2 Å². The molecule has 2 aromatic carbocycles. The topological polar surface area (TPSA) is 36.5 Å². The Labute approximate surface area is 175 Å². The normalized spacial score (nSPS) is 14.8. The van der Waals surface area contributed by atoms with E-state index in [9.17, 15) is 0 Å². The predicted octanol–water partition coefficient (Wildman–Crippen LogP) is 0.552. The average Bonchev–Trinajstić information content (AvgIpc) is 3.13. The van der Waals surface area contributed by atoms with Crippen molar-refractivity contribution in [2.75, 3.05) is 20.3 Å². The van der Waals surface area contributed by atoms with Crippen LogP contribution >= 0.6 is 0 Å². The van der Waals surface area contributed by atoms with Crippen molar-refractivity contribution in [1.29, 1.82) is 0 Å². The summed E-state index contributed by atoms with van der Waals surface area (Å²) in [6.45, 7) is 2.27. The van der Waals surface area contributed by atoms with Crippen LogP contribution in [0, 0.1) is 0 Å². The number of methoxy groups -OCH3 is 1. The molecule has 2 aliphatic rings. The molecule has 0 fully saturated rings. The molecule has 0 atom stereocenters. The first-order valence-electron chi connectivity index (χ1n) is 9.52. The molecule has 28 heavy (non-hydrogen) atoms. The van der Waals surface area contributed by atoms with Gasteiger partial charge in [-0.25, -0.2) is 4.57 Å². The molecule has 146 valence electrons. The van der Waals surface area contributed by atoms with Gasteiger partial charge in [0.15, 0.2) is 17.2 Å². The van der Waals surface area contributed by atoms with Crippen molar-refractivity contribution in [2.45, 2.75) is 25.8 Å². The molecule has 0 N–H and O–H groups in total. The number of hydrogen-bond donors (Lipinski definition) is 0. The van der Waals surface area contributed by atoms with Gasteiger partial charge in [-0.15, -0.1) is 0 Å². The minimum absolute atomic E-state index is 0. The molecule has 1 aromatic heterocycles. The third-order valence-corrected chi connectivity index (χ3v) is 5.33. The third-order valence-electron chi connectivity index (χ3n) is 5.33. The Bertz CT molecular complexity index is 982. The van der Waals surface area contributed by atoms with Crippen LogP contribution in [0.2, 0.25) is 0 Å². The maximum absolute atomic E-state index is 5.81. The van der Waals surface area contributed by atoms with Crippen molar-refractivity contribution in [3.63, 3.8) is 0 Å². The summed E-state index contributed by atoms with van der Waals surface area (Å²) in [7, 11) is 1.70. The molecule has 3 aromatic rings. The van der Waals surface area contributed by atoms with Gasteiger partial charge in [0.1, 0.15) is 30.8 Å². The number of imidazole rings is 1. The minimum Gasteiger partial charge on any atom is -1.00 e. The summed E-state index contributed by atoms with van der Waals surface area (Å²) in [5.41, 5.74) is 3.46. The summed E-state index contributed by atoms with van der Waals surface area (Å²) >= 11 is 0. The highest BCUT2D eigenvalue weighted by Crippen LogP contribution is 2.36. The Morgan fingerprint density at radius 2 is 1.75 bits per heavy atom. The molecule has 0 radical (unpaired) electrons. The van der Waals surface area contributed by atoms with Crippen molar-refractivity contribution >= 4 is 0 Å². The van der Waals surface area contributed by atoms with Gasteiger partial charge in [-0.2, -0.15) is 4.57 Å². The van der Waals surface area contributed by atoms with Gasteiger partial charge in [0.05, 0.1) is 13.7 Å². The lowest BCUT2D eigenvalue weighted by molar-refractivity contribution is -0.708. The smallest absolute Gasteiger partial charge is 0.262 e. The van der Waals surface area contributed by atoms with Gasteiger partial charge in [0, 0.05) is 12.0 Å². The molecule has 0 spiro atoms. The monoisotopic (exact) mass is 442 g/mol. The molecule has 0 amide bonds. The molecule has 6 heteroatoms. The van der Waals surface area contributed by atoms with Gasteiger partial charge < -0.3 is 31.2 Å². The number of ether oxygens (including phenoxy) is 3. The van der Waals surface area contributed by atoms with Gasteiger partial charge in [0.2, 0.25) is 0 Å². The minimum atomic E-state index is 0. The highest BCUT2D eigenvalue weighted by Gasteiger charge is 2.28. The lowest BCUT2D eigenvalue weighted by Crippen LogP contribution is -3.00. The zero-order valence-electron chi connectivity index (χ0n) is 15.9. The summed E-state index contributed by atoms with van der Waals surface area (Å²) in [4.78, 5) is 0. The molecule has 0 bridgehead atoms. The Hall–Kier alpha value is -2.47. The van der Waals surface area contributed by atoms with Gasteiger partial charge in [-0.3, -0.25) is 0 Å². The van der Waals surface area contributed by atoms with Crippen LogP contribution in [0.3, 0.4) is 0 Å². The maximum Gasteiger partial charge on any atom is 0.262 e. The summed E-state index contributed by atoms with van der Waals surface area (Å²) in [6, 6.07) is 14.5. The first-order chi connectivity index (χ1) is 13.3. The molecule has 0 saturated carbocycles. The molecular formula is C22H23BrN2O3. The zero-order chi connectivity index (χ0) is 18.2. The number of rotatable bonds is 3. The number of hydrogen-bond acceptors (Lipinski definition) is 3. The summed E-state index contributed by atoms with van der Waals surface area (Å²) in [6.07, 6.45) is 5.80. The second-order valence-electron chi connectivity index (χ2n) is 6.97.